The van der Waals surface area contributed by atoms with Gasteiger partial charge in [0, 0.05) is 6.54 Å². The van der Waals surface area contributed by atoms with E-state index in [-0.39, 0.29) is 36.2 Å². The van der Waals surface area contributed by atoms with Crippen LogP contribution >= 0.6 is 12.4 Å². The third-order valence-electron chi connectivity index (χ3n) is 6.61. The van der Waals surface area contributed by atoms with Crippen molar-refractivity contribution in [1.29, 1.82) is 0 Å². The molecular formula is C19H33ClN4O3. The lowest BCUT2D eigenvalue weighted by atomic mass is 9.75. The predicted octanol–water partition coefficient (Wildman–Crippen LogP) is 1.80. The van der Waals surface area contributed by atoms with Crippen LogP contribution in [0.25, 0.3) is 0 Å². The predicted molar refractivity (Wildman–Crippen MR) is 106 cm³/mol. The van der Waals surface area contributed by atoms with Gasteiger partial charge in [-0.2, -0.15) is 0 Å². The molecule has 2 aliphatic heterocycles. The highest BCUT2D eigenvalue weighted by Gasteiger charge is 2.52. The van der Waals surface area contributed by atoms with E-state index in [1.165, 1.54) is 0 Å². The normalized spacial score (nSPS) is 30.0. The number of urea groups is 1. The van der Waals surface area contributed by atoms with E-state index in [1.54, 1.807) is 0 Å². The van der Waals surface area contributed by atoms with E-state index >= 15 is 0 Å². The fraction of sp³-hybridized carbons (Fsp3) is 0.842. The van der Waals surface area contributed by atoms with Gasteiger partial charge >= 0.3 is 6.03 Å². The maximum Gasteiger partial charge on any atom is 0.325 e. The topological polar surface area (TPSA) is 90.5 Å². The van der Waals surface area contributed by atoms with Crippen molar-refractivity contribution in [1.82, 2.24) is 20.9 Å². The standard InChI is InChI=1S/C19H32N4O3.ClH/c1-3-14-4-6-19(7-5-14)16(25)23(17(26)22-19)12-15(24)21-13-18(2)8-10-20-11-9-18;/h14,20H,3-13H2,1-2H3,(H,21,24)(H,22,26);1H. The van der Waals surface area contributed by atoms with Gasteiger partial charge in [-0.3, -0.25) is 14.5 Å². The van der Waals surface area contributed by atoms with Gasteiger partial charge in [-0.1, -0.05) is 20.3 Å². The molecule has 1 saturated carbocycles. The zero-order valence-corrected chi connectivity index (χ0v) is 17.3. The van der Waals surface area contributed by atoms with Gasteiger partial charge in [0.1, 0.15) is 12.1 Å². The van der Waals surface area contributed by atoms with Crippen molar-refractivity contribution in [2.75, 3.05) is 26.2 Å². The first-order valence-electron chi connectivity index (χ1n) is 9.99. The van der Waals surface area contributed by atoms with Crippen LogP contribution in [0.4, 0.5) is 4.79 Å². The zero-order valence-electron chi connectivity index (χ0n) is 16.4. The summed E-state index contributed by atoms with van der Waals surface area (Å²) >= 11 is 0. The molecule has 154 valence electrons. The van der Waals surface area contributed by atoms with E-state index in [1.807, 2.05) is 0 Å². The summed E-state index contributed by atoms with van der Waals surface area (Å²) in [6, 6.07) is -0.423. The largest absolute Gasteiger partial charge is 0.354 e. The maximum absolute atomic E-state index is 12.8. The zero-order chi connectivity index (χ0) is 18.8. The van der Waals surface area contributed by atoms with Crippen LogP contribution in [0.1, 0.15) is 58.8 Å². The highest BCUT2D eigenvalue weighted by Crippen LogP contribution is 2.37. The molecule has 8 heteroatoms. The number of carbonyl (C=O) groups excluding carboxylic acids is 3. The van der Waals surface area contributed by atoms with Crippen molar-refractivity contribution in [3.05, 3.63) is 0 Å². The number of carbonyl (C=O) groups is 3. The molecule has 4 amide bonds. The van der Waals surface area contributed by atoms with Crippen molar-refractivity contribution in [2.24, 2.45) is 11.3 Å². The van der Waals surface area contributed by atoms with E-state index in [2.05, 4.69) is 29.8 Å². The van der Waals surface area contributed by atoms with Gasteiger partial charge in [0.2, 0.25) is 5.91 Å². The summed E-state index contributed by atoms with van der Waals surface area (Å²) < 4.78 is 0. The molecule has 0 bridgehead atoms. The van der Waals surface area contributed by atoms with Gasteiger partial charge in [0.15, 0.2) is 0 Å². The van der Waals surface area contributed by atoms with Crippen molar-refractivity contribution in [3.8, 4) is 0 Å². The molecule has 7 nitrogen and oxygen atoms in total. The van der Waals surface area contributed by atoms with Gasteiger partial charge < -0.3 is 16.0 Å². The van der Waals surface area contributed by atoms with Crippen LogP contribution in [0.2, 0.25) is 0 Å². The number of amides is 4. The Bertz CT molecular complexity index is 569. The number of rotatable bonds is 5. The molecule has 3 fully saturated rings. The minimum absolute atomic E-state index is 0. The lowest BCUT2D eigenvalue weighted by Gasteiger charge is -2.35. The molecule has 0 atom stereocenters. The average Bonchev–Trinajstić information content (AvgIpc) is 2.86. The number of halogens is 1. The summed E-state index contributed by atoms with van der Waals surface area (Å²) in [5.41, 5.74) is -0.692. The summed E-state index contributed by atoms with van der Waals surface area (Å²) in [4.78, 5) is 38.6. The molecule has 1 aliphatic carbocycles. The number of hydrogen-bond acceptors (Lipinski definition) is 4. The van der Waals surface area contributed by atoms with Crippen molar-refractivity contribution in [3.63, 3.8) is 0 Å². The second-order valence-corrected chi connectivity index (χ2v) is 8.59. The Kier molecular flexibility index (Phi) is 7.14. The molecule has 0 aromatic carbocycles. The van der Waals surface area contributed by atoms with E-state index in [0.29, 0.717) is 25.3 Å². The summed E-state index contributed by atoms with van der Waals surface area (Å²) in [7, 11) is 0. The molecular weight excluding hydrogens is 368 g/mol. The van der Waals surface area contributed by atoms with Crippen LogP contribution in [-0.4, -0.2) is 54.5 Å². The van der Waals surface area contributed by atoms with Crippen molar-refractivity contribution < 1.29 is 14.4 Å². The SMILES string of the molecule is CCC1CCC2(CC1)NC(=O)N(CC(=O)NCC1(C)CCNCC1)C2=O.Cl. The average molecular weight is 401 g/mol. The van der Waals surface area contributed by atoms with Crippen LogP contribution in [-0.2, 0) is 9.59 Å². The van der Waals surface area contributed by atoms with Gasteiger partial charge in [-0.25, -0.2) is 4.79 Å². The number of nitrogens with one attached hydrogen (secondary N) is 3. The van der Waals surface area contributed by atoms with Gasteiger partial charge in [0.25, 0.3) is 5.91 Å². The second kappa shape index (κ2) is 8.78. The fourth-order valence-electron chi connectivity index (χ4n) is 4.46. The highest BCUT2D eigenvalue weighted by atomic mass is 35.5. The second-order valence-electron chi connectivity index (χ2n) is 8.59. The Morgan fingerprint density at radius 2 is 1.81 bits per heavy atom. The van der Waals surface area contributed by atoms with Crippen molar-refractivity contribution in [2.45, 2.75) is 64.3 Å². The Morgan fingerprint density at radius 1 is 1.19 bits per heavy atom. The van der Waals surface area contributed by atoms with Crippen LogP contribution in [0.15, 0.2) is 0 Å². The lowest BCUT2D eigenvalue weighted by Crippen LogP contribution is -2.50. The van der Waals surface area contributed by atoms with Crippen LogP contribution < -0.4 is 16.0 Å². The van der Waals surface area contributed by atoms with Gasteiger partial charge in [0.05, 0.1) is 0 Å². The van der Waals surface area contributed by atoms with E-state index in [0.717, 1.165) is 50.1 Å². The summed E-state index contributed by atoms with van der Waals surface area (Å²) in [6.45, 7) is 6.65. The maximum atomic E-state index is 12.8. The van der Waals surface area contributed by atoms with Gasteiger partial charge in [-0.15, -0.1) is 12.4 Å². The highest BCUT2D eigenvalue weighted by molar-refractivity contribution is 6.09. The molecule has 2 heterocycles. The van der Waals surface area contributed by atoms with Crippen molar-refractivity contribution >= 4 is 30.3 Å². The molecule has 0 aromatic rings. The Balaban J connectivity index is 0.00000261. The molecule has 1 spiro atoms. The quantitative estimate of drug-likeness (QED) is 0.614. The van der Waals surface area contributed by atoms with E-state index in [4.69, 9.17) is 0 Å². The number of nitrogens with zero attached hydrogens (tertiary/aromatic N) is 1. The van der Waals surface area contributed by atoms with E-state index < -0.39 is 11.6 Å². The Morgan fingerprint density at radius 3 is 2.41 bits per heavy atom. The minimum Gasteiger partial charge on any atom is -0.354 e. The summed E-state index contributed by atoms with van der Waals surface area (Å²) in [5, 5.41) is 9.13. The molecule has 0 aromatic heterocycles. The summed E-state index contributed by atoms with van der Waals surface area (Å²) in [6.07, 6.45) is 6.40. The van der Waals surface area contributed by atoms with Crippen LogP contribution in [0.3, 0.4) is 0 Å². The third-order valence-corrected chi connectivity index (χ3v) is 6.61. The Hall–Kier alpha value is -1.34. The molecule has 3 N–H and O–H groups in total. The monoisotopic (exact) mass is 400 g/mol. The molecule has 2 saturated heterocycles. The molecule has 0 unspecified atom stereocenters. The summed E-state index contributed by atoms with van der Waals surface area (Å²) in [5.74, 6) is 0.154. The smallest absolute Gasteiger partial charge is 0.325 e. The molecule has 3 aliphatic rings. The number of imide groups is 1. The minimum atomic E-state index is -0.774. The molecule has 27 heavy (non-hydrogen) atoms. The molecule has 3 rings (SSSR count). The van der Waals surface area contributed by atoms with Crippen LogP contribution in [0.5, 0.6) is 0 Å². The van der Waals surface area contributed by atoms with Gasteiger partial charge in [-0.05, 0) is 62.9 Å². The first-order valence-corrected chi connectivity index (χ1v) is 9.99. The number of piperidine rings is 1. The first kappa shape index (κ1) is 22.0. The third kappa shape index (κ3) is 4.74. The Labute approximate surface area is 167 Å². The first-order chi connectivity index (χ1) is 12.4. The lowest BCUT2D eigenvalue weighted by molar-refractivity contribution is -0.136. The fourth-order valence-corrected chi connectivity index (χ4v) is 4.46. The molecule has 0 radical (unpaired) electrons. The number of hydrogen-bond donors (Lipinski definition) is 3. The van der Waals surface area contributed by atoms with Crippen LogP contribution in [0, 0.1) is 11.3 Å². The van der Waals surface area contributed by atoms with E-state index in [9.17, 15) is 14.4 Å².